The molecule has 0 fully saturated rings. The molecule has 0 bridgehead atoms. The minimum Gasteiger partial charge on any atom is -0.480 e. The fourth-order valence-electron chi connectivity index (χ4n) is 5.23. The fourth-order valence-corrected chi connectivity index (χ4v) is 5.23. The Hall–Kier alpha value is -4.14. The minimum atomic E-state index is -1.28. The number of aliphatic carboxylic acids is 1. The highest BCUT2D eigenvalue weighted by atomic mass is 16.6. The number of ether oxygens (including phenoxy) is 2. The highest BCUT2D eigenvalue weighted by molar-refractivity contribution is 5.81. The van der Waals surface area contributed by atoms with Crippen molar-refractivity contribution in [1.29, 1.82) is 0 Å². The molecule has 1 aromatic heterocycles. The van der Waals surface area contributed by atoms with Gasteiger partial charge in [-0.2, -0.15) is 0 Å². The molecule has 0 saturated carbocycles. The van der Waals surface area contributed by atoms with Crippen LogP contribution in [0.4, 0.5) is 9.59 Å². The van der Waals surface area contributed by atoms with Gasteiger partial charge in [-0.15, -0.1) is 0 Å². The van der Waals surface area contributed by atoms with Crippen molar-refractivity contribution in [3.63, 3.8) is 0 Å². The molecular weight excluding hydrogens is 522 g/mol. The van der Waals surface area contributed by atoms with Gasteiger partial charge in [-0.25, -0.2) is 23.9 Å². The van der Waals surface area contributed by atoms with Gasteiger partial charge in [0, 0.05) is 18.5 Å². The first-order valence-corrected chi connectivity index (χ1v) is 14.5. The van der Waals surface area contributed by atoms with Crippen LogP contribution in [0.1, 0.15) is 81.0 Å². The minimum absolute atomic E-state index is 0.0749. The molecule has 0 radical (unpaired) electrons. The van der Waals surface area contributed by atoms with Gasteiger partial charge in [0.05, 0.1) is 12.3 Å². The molecule has 4 rings (SSSR count). The second kappa shape index (κ2) is 15.0. The first kappa shape index (κ1) is 29.8. The Labute approximate surface area is 240 Å². The van der Waals surface area contributed by atoms with Crippen molar-refractivity contribution in [2.24, 2.45) is 0 Å². The number of carboxylic acid groups (broad SMARTS) is 1. The maximum atomic E-state index is 12.6. The van der Waals surface area contributed by atoms with Crippen LogP contribution in [0.3, 0.4) is 0 Å². The average molecular weight is 562 g/mol. The zero-order valence-electron chi connectivity index (χ0n) is 23.6. The van der Waals surface area contributed by atoms with Crippen molar-refractivity contribution in [2.75, 3.05) is 13.2 Å². The van der Waals surface area contributed by atoms with Crippen LogP contribution in [0.25, 0.3) is 11.1 Å². The number of nitrogens with one attached hydrogen (secondary N) is 1. The zero-order valence-corrected chi connectivity index (χ0v) is 23.6. The molecule has 9 heteroatoms. The van der Waals surface area contributed by atoms with Crippen LogP contribution in [0.5, 0.6) is 0 Å². The molecule has 1 heterocycles. The average Bonchev–Trinajstić information content (AvgIpc) is 3.57. The Bertz CT molecular complexity index is 1270. The van der Waals surface area contributed by atoms with Crippen LogP contribution in [0.2, 0.25) is 0 Å². The second-order valence-electron chi connectivity index (χ2n) is 10.4. The predicted molar refractivity (Wildman–Crippen MR) is 155 cm³/mol. The van der Waals surface area contributed by atoms with Crippen molar-refractivity contribution < 1.29 is 29.0 Å². The third kappa shape index (κ3) is 8.19. The molecule has 218 valence electrons. The number of fused-ring (bicyclic) bond motifs is 3. The molecule has 2 N–H and O–H groups in total. The van der Waals surface area contributed by atoms with E-state index < -0.39 is 24.2 Å². The largest absolute Gasteiger partial charge is 0.480 e. The van der Waals surface area contributed by atoms with E-state index in [0.29, 0.717) is 12.3 Å². The third-order valence-corrected chi connectivity index (χ3v) is 7.42. The van der Waals surface area contributed by atoms with Crippen molar-refractivity contribution in [2.45, 2.75) is 76.7 Å². The summed E-state index contributed by atoms with van der Waals surface area (Å²) >= 11 is 0. The van der Waals surface area contributed by atoms with Gasteiger partial charge in [-0.1, -0.05) is 100 Å². The molecule has 2 aromatic carbocycles. The molecule has 0 aliphatic heterocycles. The van der Waals surface area contributed by atoms with Crippen LogP contribution in [0.15, 0.2) is 61.1 Å². The number of amides is 1. The SMILES string of the molecule is CCCCCCCCCCOC(=O)n1cnc(CC(NC(=O)OCC2c3ccccc3-c3ccccc32)C(=O)O)c1. The lowest BCUT2D eigenvalue weighted by Crippen LogP contribution is -2.43. The lowest BCUT2D eigenvalue weighted by Gasteiger charge is -2.17. The lowest BCUT2D eigenvalue weighted by molar-refractivity contribution is -0.139. The summed E-state index contributed by atoms with van der Waals surface area (Å²) in [5, 5.41) is 12.1. The summed E-state index contributed by atoms with van der Waals surface area (Å²) in [5.41, 5.74) is 4.67. The van der Waals surface area contributed by atoms with Crippen LogP contribution >= 0.6 is 0 Å². The van der Waals surface area contributed by atoms with Crippen LogP contribution in [-0.2, 0) is 20.7 Å². The molecule has 1 amide bonds. The number of hydrogen-bond donors (Lipinski definition) is 2. The maximum Gasteiger partial charge on any atom is 0.419 e. The van der Waals surface area contributed by atoms with E-state index in [1.54, 1.807) is 0 Å². The van der Waals surface area contributed by atoms with Gasteiger partial charge in [0.2, 0.25) is 0 Å². The van der Waals surface area contributed by atoms with Crippen molar-refractivity contribution in [3.05, 3.63) is 77.9 Å². The Morgan fingerprint density at radius 1 is 0.902 bits per heavy atom. The normalized spacial score (nSPS) is 12.8. The number of unbranched alkanes of at least 4 members (excludes halogenated alkanes) is 7. The van der Waals surface area contributed by atoms with Crippen LogP contribution < -0.4 is 5.32 Å². The van der Waals surface area contributed by atoms with E-state index in [9.17, 15) is 19.5 Å². The lowest BCUT2D eigenvalue weighted by atomic mass is 9.98. The van der Waals surface area contributed by atoms with Crippen LogP contribution in [0, 0.1) is 0 Å². The summed E-state index contributed by atoms with van der Waals surface area (Å²) in [7, 11) is 0. The number of imidazole rings is 1. The molecule has 1 atom stereocenters. The first-order chi connectivity index (χ1) is 20.0. The highest BCUT2D eigenvalue weighted by Crippen LogP contribution is 2.44. The third-order valence-electron chi connectivity index (χ3n) is 7.42. The van der Waals surface area contributed by atoms with E-state index in [1.165, 1.54) is 49.2 Å². The molecule has 41 heavy (non-hydrogen) atoms. The molecule has 1 unspecified atom stereocenters. The van der Waals surface area contributed by atoms with Gasteiger partial charge in [0.15, 0.2) is 0 Å². The van der Waals surface area contributed by atoms with Crippen molar-refractivity contribution in [1.82, 2.24) is 14.9 Å². The highest BCUT2D eigenvalue weighted by Gasteiger charge is 2.30. The van der Waals surface area contributed by atoms with Crippen molar-refractivity contribution >= 4 is 18.2 Å². The number of rotatable bonds is 15. The quantitative estimate of drug-likeness (QED) is 0.202. The van der Waals surface area contributed by atoms with Gasteiger partial charge in [-0.3, -0.25) is 0 Å². The van der Waals surface area contributed by atoms with E-state index in [0.717, 1.165) is 41.5 Å². The summed E-state index contributed by atoms with van der Waals surface area (Å²) < 4.78 is 12.0. The number of hydrogen-bond acceptors (Lipinski definition) is 6. The predicted octanol–water partition coefficient (Wildman–Crippen LogP) is 6.54. The molecular formula is C32H39N3O6. The van der Waals surface area contributed by atoms with Gasteiger partial charge >= 0.3 is 18.2 Å². The molecule has 1 aliphatic carbocycles. The monoisotopic (exact) mass is 561 g/mol. The first-order valence-electron chi connectivity index (χ1n) is 14.5. The van der Waals surface area contributed by atoms with Gasteiger partial charge in [-0.05, 0) is 28.7 Å². The molecule has 1 aliphatic rings. The number of carbonyl (C=O) groups is 3. The number of carbonyl (C=O) groups excluding carboxylic acids is 2. The summed E-state index contributed by atoms with van der Waals surface area (Å²) in [4.78, 5) is 40.9. The van der Waals surface area contributed by atoms with Crippen molar-refractivity contribution in [3.8, 4) is 11.1 Å². The maximum absolute atomic E-state index is 12.6. The Morgan fingerprint density at radius 3 is 2.15 bits per heavy atom. The number of benzene rings is 2. The van der Waals surface area contributed by atoms with E-state index >= 15 is 0 Å². The Balaban J connectivity index is 1.22. The molecule has 9 nitrogen and oxygen atoms in total. The molecule has 0 saturated heterocycles. The summed E-state index contributed by atoms with van der Waals surface area (Å²) in [6.45, 7) is 2.60. The Morgan fingerprint density at radius 2 is 1.51 bits per heavy atom. The van der Waals surface area contributed by atoms with E-state index in [1.807, 2.05) is 48.5 Å². The Kier molecular flexibility index (Phi) is 10.9. The standard InChI is InChI=1S/C32H39N3O6/c1-2-3-4-5-6-7-8-13-18-40-32(39)35-20-23(33-22-35)19-29(30(36)37)34-31(38)41-21-28-26-16-11-9-14-24(26)25-15-10-12-17-27(25)28/h9-12,14-17,20,22,28-29H,2-8,13,18-19,21H2,1H3,(H,34,38)(H,36,37). The van der Waals surface area contributed by atoms with Crippen LogP contribution in [-0.4, -0.2) is 52.1 Å². The molecule has 3 aromatic rings. The van der Waals surface area contributed by atoms with E-state index in [4.69, 9.17) is 9.47 Å². The zero-order chi connectivity index (χ0) is 29.0. The smallest absolute Gasteiger partial charge is 0.419 e. The second-order valence-corrected chi connectivity index (χ2v) is 10.4. The van der Waals surface area contributed by atoms with E-state index in [2.05, 4.69) is 17.2 Å². The topological polar surface area (TPSA) is 120 Å². The number of nitrogens with zero attached hydrogens (tertiary/aromatic N) is 2. The van der Waals surface area contributed by atoms with Gasteiger partial charge < -0.3 is 19.9 Å². The van der Waals surface area contributed by atoms with Gasteiger partial charge in [0.25, 0.3) is 0 Å². The van der Waals surface area contributed by atoms with E-state index in [-0.39, 0.29) is 18.9 Å². The summed E-state index contributed by atoms with van der Waals surface area (Å²) in [6.07, 6.45) is 10.4. The number of alkyl carbamates (subject to hydrolysis) is 1. The number of carboxylic acids is 1. The fraction of sp³-hybridized carbons (Fsp3) is 0.438. The van der Waals surface area contributed by atoms with Gasteiger partial charge in [0.1, 0.15) is 19.0 Å². The molecule has 0 spiro atoms. The summed E-state index contributed by atoms with van der Waals surface area (Å²) in [5.74, 6) is -1.37. The number of aromatic nitrogens is 2. The summed E-state index contributed by atoms with van der Waals surface area (Å²) in [6, 6.07) is 14.7.